The molecule has 0 aromatic carbocycles. The van der Waals surface area contributed by atoms with Gasteiger partial charge in [0.05, 0.1) is 0 Å². The van der Waals surface area contributed by atoms with Crippen molar-refractivity contribution in [2.24, 2.45) is 5.92 Å². The van der Waals surface area contributed by atoms with Crippen LogP contribution < -0.4 is 0 Å². The van der Waals surface area contributed by atoms with Gasteiger partial charge in [0.2, 0.25) is 0 Å². The molecular formula is C7H14. The minimum atomic E-state index is 0.824. The van der Waals surface area contributed by atoms with Crippen LogP contribution in [0.15, 0.2) is 0 Å². The molecule has 42 valence electrons. The van der Waals surface area contributed by atoms with E-state index in [-0.39, 0.29) is 0 Å². The fourth-order valence-electron chi connectivity index (χ4n) is 0.489. The lowest BCUT2D eigenvalue weighted by molar-refractivity contribution is 0.521. The highest BCUT2D eigenvalue weighted by atomic mass is 14.0. The van der Waals surface area contributed by atoms with E-state index in [0.717, 1.165) is 12.3 Å². The fraction of sp³-hybridized carbons (Fsp3) is 0.857. The lowest BCUT2D eigenvalue weighted by Crippen LogP contribution is -1.88. The van der Waals surface area contributed by atoms with E-state index in [9.17, 15) is 0 Å². The number of hydrogen-bond acceptors (Lipinski definition) is 0. The minimum Gasteiger partial charge on any atom is -0.0651 e. The van der Waals surface area contributed by atoms with Crippen molar-refractivity contribution in [1.82, 2.24) is 0 Å². The molecule has 0 rings (SSSR count). The minimum absolute atomic E-state index is 0.824. The van der Waals surface area contributed by atoms with Crippen LogP contribution >= 0.6 is 0 Å². The van der Waals surface area contributed by atoms with Crippen molar-refractivity contribution in [3.05, 3.63) is 6.92 Å². The first-order chi connectivity index (χ1) is 3.31. The smallest absolute Gasteiger partial charge is 0.0352 e. The Kier molecular flexibility index (Phi) is 4.17. The van der Waals surface area contributed by atoms with Crippen LogP contribution in [0.2, 0.25) is 0 Å². The van der Waals surface area contributed by atoms with Gasteiger partial charge in [0.15, 0.2) is 0 Å². The monoisotopic (exact) mass is 98.1 g/mol. The molecule has 0 aromatic heterocycles. The van der Waals surface area contributed by atoms with Crippen LogP contribution in [0.5, 0.6) is 0 Å². The van der Waals surface area contributed by atoms with Gasteiger partial charge in [0.1, 0.15) is 0 Å². The van der Waals surface area contributed by atoms with E-state index in [2.05, 4.69) is 13.8 Å². The van der Waals surface area contributed by atoms with Crippen LogP contribution in [-0.4, -0.2) is 0 Å². The Morgan fingerprint density at radius 3 is 2.29 bits per heavy atom. The molecule has 0 bridgehead atoms. The van der Waals surface area contributed by atoms with E-state index in [1.807, 2.05) is 0 Å². The quantitative estimate of drug-likeness (QED) is 0.509. The SMILES string of the molecule is [CH]CCC(C)CC. The van der Waals surface area contributed by atoms with Crippen molar-refractivity contribution < 1.29 is 0 Å². The second-order valence-corrected chi connectivity index (χ2v) is 2.09. The van der Waals surface area contributed by atoms with Gasteiger partial charge in [0, 0.05) is 0 Å². The van der Waals surface area contributed by atoms with Gasteiger partial charge < -0.3 is 0 Å². The zero-order valence-corrected chi connectivity index (χ0v) is 5.28. The van der Waals surface area contributed by atoms with Crippen molar-refractivity contribution >= 4 is 0 Å². The maximum Gasteiger partial charge on any atom is -0.0352 e. The topological polar surface area (TPSA) is 0 Å². The van der Waals surface area contributed by atoms with Gasteiger partial charge in [-0.25, -0.2) is 0 Å². The van der Waals surface area contributed by atoms with E-state index < -0.39 is 0 Å². The summed E-state index contributed by atoms with van der Waals surface area (Å²) in [7, 11) is 0. The van der Waals surface area contributed by atoms with Crippen molar-refractivity contribution in [1.29, 1.82) is 0 Å². The zero-order chi connectivity index (χ0) is 5.70. The maximum absolute atomic E-state index is 5.30. The van der Waals surface area contributed by atoms with Gasteiger partial charge in [-0.15, -0.1) is 0 Å². The molecule has 0 aromatic rings. The van der Waals surface area contributed by atoms with E-state index in [1.165, 1.54) is 12.8 Å². The van der Waals surface area contributed by atoms with Crippen LogP contribution in [0.4, 0.5) is 0 Å². The summed E-state index contributed by atoms with van der Waals surface area (Å²) in [4.78, 5) is 0. The third-order valence-corrected chi connectivity index (χ3v) is 1.36. The number of rotatable bonds is 3. The summed E-state index contributed by atoms with van der Waals surface area (Å²) in [6, 6.07) is 0. The number of hydrogen-bond donors (Lipinski definition) is 0. The van der Waals surface area contributed by atoms with Crippen molar-refractivity contribution in [3.63, 3.8) is 0 Å². The lowest BCUT2D eigenvalue weighted by atomic mass is 10.0. The molecule has 0 amide bonds. The van der Waals surface area contributed by atoms with Crippen molar-refractivity contribution in [2.45, 2.75) is 33.1 Å². The summed E-state index contributed by atoms with van der Waals surface area (Å²) in [6.07, 6.45) is 3.28. The molecule has 0 nitrogen and oxygen atoms in total. The van der Waals surface area contributed by atoms with E-state index in [0.29, 0.717) is 0 Å². The van der Waals surface area contributed by atoms with Crippen LogP contribution in [0, 0.1) is 12.8 Å². The normalized spacial score (nSPS) is 14.1. The molecule has 0 saturated carbocycles. The molecule has 0 aliphatic carbocycles. The molecule has 1 unspecified atom stereocenters. The molecule has 0 fully saturated rings. The summed E-state index contributed by atoms with van der Waals surface area (Å²) < 4.78 is 0. The molecule has 0 heteroatoms. The summed E-state index contributed by atoms with van der Waals surface area (Å²) >= 11 is 0. The summed E-state index contributed by atoms with van der Waals surface area (Å²) in [5.41, 5.74) is 0. The molecular weight excluding hydrogens is 84.1 g/mol. The zero-order valence-electron chi connectivity index (χ0n) is 5.28. The summed E-state index contributed by atoms with van der Waals surface area (Å²) in [5, 5.41) is 0. The molecule has 0 heterocycles. The van der Waals surface area contributed by atoms with Gasteiger partial charge in [-0.05, 0) is 19.3 Å². The molecule has 2 radical (unpaired) electrons. The lowest BCUT2D eigenvalue weighted by Gasteiger charge is -2.02. The summed E-state index contributed by atoms with van der Waals surface area (Å²) in [6.45, 7) is 9.73. The highest BCUT2D eigenvalue weighted by Gasteiger charge is 1.92. The average Bonchev–Trinajstić information content (AvgIpc) is 1.68. The Balaban J connectivity index is 2.83. The van der Waals surface area contributed by atoms with Gasteiger partial charge in [-0.2, -0.15) is 0 Å². The van der Waals surface area contributed by atoms with Crippen LogP contribution in [0.25, 0.3) is 0 Å². The van der Waals surface area contributed by atoms with Crippen LogP contribution in [-0.2, 0) is 0 Å². The highest BCUT2D eigenvalue weighted by molar-refractivity contribution is 4.49. The first kappa shape index (κ1) is 7.00. The summed E-state index contributed by atoms with van der Waals surface area (Å²) in [5.74, 6) is 0.824. The van der Waals surface area contributed by atoms with Gasteiger partial charge in [-0.1, -0.05) is 26.7 Å². The highest BCUT2D eigenvalue weighted by Crippen LogP contribution is 2.07. The Morgan fingerprint density at radius 1 is 1.57 bits per heavy atom. The van der Waals surface area contributed by atoms with Crippen LogP contribution in [0.1, 0.15) is 33.1 Å². The Bertz CT molecular complexity index is 31.0. The van der Waals surface area contributed by atoms with Crippen molar-refractivity contribution in [3.8, 4) is 0 Å². The Hall–Kier alpha value is 0. The van der Waals surface area contributed by atoms with Gasteiger partial charge >= 0.3 is 0 Å². The molecule has 0 aliphatic rings. The molecule has 0 aliphatic heterocycles. The van der Waals surface area contributed by atoms with E-state index >= 15 is 0 Å². The van der Waals surface area contributed by atoms with Gasteiger partial charge in [-0.3, -0.25) is 0 Å². The average molecular weight is 98.2 g/mol. The Labute approximate surface area is 46.9 Å². The molecule has 0 saturated heterocycles. The van der Waals surface area contributed by atoms with E-state index in [1.54, 1.807) is 0 Å². The second kappa shape index (κ2) is 4.17. The molecule has 7 heavy (non-hydrogen) atoms. The maximum atomic E-state index is 5.30. The third-order valence-electron chi connectivity index (χ3n) is 1.36. The first-order valence-electron chi connectivity index (χ1n) is 3.01. The third kappa shape index (κ3) is 3.84. The predicted molar refractivity (Wildman–Crippen MR) is 33.0 cm³/mol. The fourth-order valence-corrected chi connectivity index (χ4v) is 0.489. The van der Waals surface area contributed by atoms with E-state index in [4.69, 9.17) is 6.92 Å². The Morgan fingerprint density at radius 2 is 2.14 bits per heavy atom. The van der Waals surface area contributed by atoms with Crippen LogP contribution in [0.3, 0.4) is 0 Å². The standard InChI is InChI=1S/C7H14/c1-4-6-7(3)5-2/h1,7H,4-6H2,2-3H3. The molecule has 0 N–H and O–H groups in total. The first-order valence-corrected chi connectivity index (χ1v) is 3.01. The predicted octanol–water partition coefficient (Wildman–Crippen LogP) is 2.52. The largest absolute Gasteiger partial charge is 0.0651 e. The molecule has 0 spiro atoms. The van der Waals surface area contributed by atoms with Crippen molar-refractivity contribution in [2.75, 3.05) is 0 Å². The molecule has 1 atom stereocenters. The second-order valence-electron chi connectivity index (χ2n) is 2.09. The van der Waals surface area contributed by atoms with Gasteiger partial charge in [0.25, 0.3) is 0 Å².